The molecule has 0 heterocycles. The minimum atomic E-state index is -1.08. The van der Waals surface area contributed by atoms with Crippen LogP contribution in [0.4, 0.5) is 0 Å². The van der Waals surface area contributed by atoms with Crippen molar-refractivity contribution in [2.24, 2.45) is 0 Å². The van der Waals surface area contributed by atoms with Gasteiger partial charge >= 0.3 is 90.4 Å². The summed E-state index contributed by atoms with van der Waals surface area (Å²) in [6.45, 7) is 3.29. The van der Waals surface area contributed by atoms with E-state index in [4.69, 9.17) is 9.90 Å². The zero-order chi connectivity index (χ0) is 12.7. The van der Waals surface area contributed by atoms with Crippen LogP contribution in [0.5, 0.6) is 0 Å². The number of rotatable bonds is 3. The third kappa shape index (κ3) is 4.76. The number of hydrogen-bond acceptors (Lipinski definition) is 1. The fourth-order valence-electron chi connectivity index (χ4n) is 1.62. The third-order valence-corrected chi connectivity index (χ3v) is 5.54. The Morgan fingerprint density at radius 1 is 1.18 bits per heavy atom. The summed E-state index contributed by atoms with van der Waals surface area (Å²) in [6.07, 6.45) is 16.0. The predicted octanol–water partition coefficient (Wildman–Crippen LogP) is 3.69. The molecule has 0 aliphatic heterocycles. The monoisotopic (exact) mass is 274 g/mol. The standard InChI is InChI=1S/2C5H5.C2H3O2.C2H5.Fe/c2*1-2-4-5-3-1;1-2(3)4;1-2;/h2*1-3H,4H2;1H3;1H2,2H3;. The van der Waals surface area contributed by atoms with Crippen molar-refractivity contribution in [3.8, 4) is 0 Å². The summed E-state index contributed by atoms with van der Waals surface area (Å²) in [5, 5.41) is 10.2. The molecule has 3 heteroatoms. The van der Waals surface area contributed by atoms with Gasteiger partial charge in [0.1, 0.15) is 0 Å². The van der Waals surface area contributed by atoms with Gasteiger partial charge in [-0.3, -0.25) is 0 Å². The van der Waals surface area contributed by atoms with E-state index in [1.807, 2.05) is 0 Å². The van der Waals surface area contributed by atoms with Gasteiger partial charge in [0.15, 0.2) is 0 Å². The van der Waals surface area contributed by atoms with Crippen LogP contribution < -0.4 is 0 Å². The Hall–Kier alpha value is -1.05. The third-order valence-electron chi connectivity index (χ3n) is 2.23. The molecule has 0 unspecified atom stereocenters. The molecule has 0 amide bonds. The van der Waals surface area contributed by atoms with Crippen LogP contribution >= 0.6 is 0 Å². The molecule has 0 aromatic rings. The van der Waals surface area contributed by atoms with Gasteiger partial charge in [0.25, 0.3) is 0 Å². The van der Waals surface area contributed by atoms with Crippen molar-refractivity contribution in [2.45, 2.75) is 32.0 Å². The quantitative estimate of drug-likeness (QED) is 0.723. The Labute approximate surface area is 107 Å². The SMILES string of the molecule is CC([O])=O.C[CH2][Fe]([C]1=CC=CC1)[C]1=CC=CC1. The van der Waals surface area contributed by atoms with Gasteiger partial charge in [-0.15, -0.1) is 0 Å². The normalized spacial score (nSPS) is 17.2. The maximum atomic E-state index is 8.89. The van der Waals surface area contributed by atoms with E-state index in [-0.39, 0.29) is 13.9 Å². The van der Waals surface area contributed by atoms with Crippen LogP contribution in [0.15, 0.2) is 45.4 Å². The Morgan fingerprint density at radius 2 is 1.59 bits per heavy atom. The maximum absolute atomic E-state index is 8.89. The van der Waals surface area contributed by atoms with Crippen LogP contribution in [-0.4, -0.2) is 5.97 Å². The van der Waals surface area contributed by atoms with Gasteiger partial charge in [-0.1, -0.05) is 0 Å². The number of hydrogen-bond donors (Lipinski definition) is 0. The number of allylic oxidation sites excluding steroid dienone is 8. The first-order chi connectivity index (χ1) is 8.15. The van der Waals surface area contributed by atoms with Crippen LogP contribution in [0.1, 0.15) is 26.7 Å². The van der Waals surface area contributed by atoms with Crippen LogP contribution in [0.2, 0.25) is 5.32 Å². The molecule has 0 fully saturated rings. The average Bonchev–Trinajstić information content (AvgIpc) is 2.89. The summed E-state index contributed by atoms with van der Waals surface area (Å²) in [6, 6.07) is 0. The molecular weight excluding hydrogens is 256 g/mol. The molecule has 0 atom stereocenters. The van der Waals surface area contributed by atoms with E-state index in [1.165, 1.54) is 18.2 Å². The molecule has 0 saturated carbocycles. The van der Waals surface area contributed by atoms with Crippen molar-refractivity contribution >= 4 is 5.97 Å². The van der Waals surface area contributed by atoms with Gasteiger partial charge < -0.3 is 0 Å². The van der Waals surface area contributed by atoms with E-state index in [9.17, 15) is 0 Å². The van der Waals surface area contributed by atoms with Gasteiger partial charge in [0, 0.05) is 6.92 Å². The molecule has 0 saturated heterocycles. The molecule has 2 rings (SSSR count). The summed E-state index contributed by atoms with van der Waals surface area (Å²) >= 11 is -0.153. The average molecular weight is 274 g/mol. The molecule has 1 radical (unpaired) electrons. The van der Waals surface area contributed by atoms with Crippen molar-refractivity contribution in [2.75, 3.05) is 0 Å². The van der Waals surface area contributed by atoms with E-state index in [0.717, 1.165) is 6.92 Å². The number of carbonyl (C=O) groups excluding carboxylic acids is 1. The van der Waals surface area contributed by atoms with E-state index < -0.39 is 5.97 Å². The summed E-state index contributed by atoms with van der Waals surface area (Å²) in [7, 11) is 0. The van der Waals surface area contributed by atoms with E-state index in [0.29, 0.717) is 0 Å². The van der Waals surface area contributed by atoms with Gasteiger partial charge in [0.05, 0.1) is 0 Å². The van der Waals surface area contributed by atoms with Gasteiger partial charge in [0.2, 0.25) is 0 Å². The second-order valence-corrected chi connectivity index (χ2v) is 6.80. The fourth-order valence-corrected chi connectivity index (χ4v) is 4.53. The number of carbonyl (C=O) groups is 1. The van der Waals surface area contributed by atoms with Crippen molar-refractivity contribution < 1.29 is 23.8 Å². The second-order valence-electron chi connectivity index (χ2n) is 3.54. The first-order valence-corrected chi connectivity index (χ1v) is 7.54. The Kier molecular flexibility index (Phi) is 6.02. The van der Waals surface area contributed by atoms with Gasteiger partial charge in [-0.05, 0) is 0 Å². The first-order valence-electron chi connectivity index (χ1n) is 5.65. The molecular formula is C14H18FeO2. The molecule has 0 aromatic carbocycles. The van der Waals surface area contributed by atoms with Crippen molar-refractivity contribution in [3.05, 3.63) is 45.4 Å². The van der Waals surface area contributed by atoms with Crippen LogP contribution in [0.3, 0.4) is 0 Å². The molecule has 0 aromatic heterocycles. The van der Waals surface area contributed by atoms with Crippen molar-refractivity contribution in [3.63, 3.8) is 0 Å². The van der Waals surface area contributed by atoms with Gasteiger partial charge in [-0.25, -0.2) is 9.90 Å². The van der Waals surface area contributed by atoms with Crippen molar-refractivity contribution in [1.29, 1.82) is 0 Å². The fraction of sp³-hybridized carbons (Fsp3) is 0.357. The Bertz CT molecular complexity index is 355. The zero-order valence-corrected chi connectivity index (χ0v) is 11.4. The molecule has 2 aliphatic rings. The molecule has 0 N–H and O–H groups in total. The predicted molar refractivity (Wildman–Crippen MR) is 65.5 cm³/mol. The van der Waals surface area contributed by atoms with Crippen LogP contribution in [0, 0.1) is 0 Å². The summed E-state index contributed by atoms with van der Waals surface area (Å²) in [4.78, 5) is 8.89. The van der Waals surface area contributed by atoms with Crippen LogP contribution in [-0.2, 0) is 23.8 Å². The van der Waals surface area contributed by atoms with E-state index in [1.54, 1.807) is 8.94 Å². The molecule has 0 spiro atoms. The summed E-state index contributed by atoms with van der Waals surface area (Å²) in [5.41, 5.74) is 0. The Balaban J connectivity index is 0.000000317. The zero-order valence-electron chi connectivity index (χ0n) is 10.3. The van der Waals surface area contributed by atoms with Crippen molar-refractivity contribution in [1.82, 2.24) is 0 Å². The van der Waals surface area contributed by atoms with Gasteiger partial charge in [-0.2, -0.15) is 0 Å². The minimum absolute atomic E-state index is 0.153. The molecule has 94 valence electrons. The molecule has 2 nitrogen and oxygen atoms in total. The summed E-state index contributed by atoms with van der Waals surface area (Å²) < 4.78 is 3.36. The summed E-state index contributed by atoms with van der Waals surface area (Å²) in [5.74, 6) is -1.08. The second kappa shape index (κ2) is 7.31. The first kappa shape index (κ1) is 14.0. The Morgan fingerprint density at radius 3 is 1.82 bits per heavy atom. The molecule has 2 aliphatic carbocycles. The van der Waals surface area contributed by atoms with E-state index >= 15 is 0 Å². The molecule has 0 bridgehead atoms. The van der Waals surface area contributed by atoms with E-state index in [2.05, 4.69) is 43.4 Å². The molecule has 17 heavy (non-hydrogen) atoms. The van der Waals surface area contributed by atoms with Crippen LogP contribution in [0.25, 0.3) is 0 Å². The topological polar surface area (TPSA) is 37.0 Å².